The van der Waals surface area contributed by atoms with Gasteiger partial charge in [-0.25, -0.2) is 0 Å². The van der Waals surface area contributed by atoms with E-state index in [1.54, 1.807) is 6.07 Å². The quantitative estimate of drug-likeness (QED) is 0.786. The largest absolute Gasteiger partial charge is 0.486 e. The number of nitrogens with zero attached hydrogens (tertiary/aromatic N) is 1. The van der Waals surface area contributed by atoms with Gasteiger partial charge in [-0.1, -0.05) is 18.5 Å². The fourth-order valence-corrected chi connectivity index (χ4v) is 3.62. The Balaban J connectivity index is 1.40. The molecule has 1 saturated heterocycles. The zero-order valence-electron chi connectivity index (χ0n) is 14.9. The van der Waals surface area contributed by atoms with E-state index in [0.29, 0.717) is 42.7 Å². The lowest BCUT2D eigenvalue weighted by molar-refractivity contribution is -0.120. The lowest BCUT2D eigenvalue weighted by atomic mass is 9.99. The Morgan fingerprint density at radius 3 is 2.84 bits per heavy atom. The van der Waals surface area contributed by atoms with Crippen molar-refractivity contribution >= 4 is 17.5 Å². The van der Waals surface area contributed by atoms with Gasteiger partial charge in [0.15, 0.2) is 11.5 Å². The molecule has 6 heteroatoms. The van der Waals surface area contributed by atoms with Crippen molar-refractivity contribution in [3.63, 3.8) is 0 Å². The molecule has 2 heterocycles. The van der Waals surface area contributed by atoms with Crippen LogP contribution >= 0.6 is 11.6 Å². The van der Waals surface area contributed by atoms with Gasteiger partial charge < -0.3 is 19.7 Å². The summed E-state index contributed by atoms with van der Waals surface area (Å²) in [4.78, 5) is 14.6. The molecule has 3 rings (SSSR count). The van der Waals surface area contributed by atoms with E-state index in [9.17, 15) is 4.79 Å². The molecule has 5 nitrogen and oxygen atoms in total. The molecule has 1 amide bonds. The molecule has 1 fully saturated rings. The first-order valence-corrected chi connectivity index (χ1v) is 9.56. The maximum Gasteiger partial charge on any atom is 0.224 e. The lowest BCUT2D eigenvalue weighted by Crippen LogP contribution is -2.35. The number of halogens is 1. The predicted octanol–water partition coefficient (Wildman–Crippen LogP) is 2.89. The van der Waals surface area contributed by atoms with Crippen LogP contribution < -0.4 is 14.8 Å². The summed E-state index contributed by atoms with van der Waals surface area (Å²) in [5.41, 5.74) is 0.844. The number of fused-ring (bicyclic) bond motifs is 1. The molecule has 138 valence electrons. The highest BCUT2D eigenvalue weighted by Gasteiger charge is 2.18. The number of amides is 1. The smallest absolute Gasteiger partial charge is 0.224 e. The Morgan fingerprint density at radius 2 is 2.04 bits per heavy atom. The third kappa shape index (κ3) is 5.25. The van der Waals surface area contributed by atoms with Crippen molar-refractivity contribution in [3.05, 3.63) is 22.7 Å². The van der Waals surface area contributed by atoms with E-state index < -0.39 is 0 Å². The molecule has 2 aliphatic rings. The van der Waals surface area contributed by atoms with Gasteiger partial charge in [0.1, 0.15) is 13.2 Å². The van der Waals surface area contributed by atoms with Crippen LogP contribution in [0.1, 0.15) is 31.7 Å². The van der Waals surface area contributed by atoms with Gasteiger partial charge in [0.05, 0.1) is 11.4 Å². The van der Waals surface area contributed by atoms with Crippen molar-refractivity contribution in [3.8, 4) is 11.5 Å². The maximum absolute atomic E-state index is 12.1. The van der Waals surface area contributed by atoms with Crippen molar-refractivity contribution < 1.29 is 14.3 Å². The Morgan fingerprint density at radius 1 is 1.28 bits per heavy atom. The second kappa shape index (κ2) is 8.77. The highest BCUT2D eigenvalue weighted by molar-refractivity contribution is 6.32. The van der Waals surface area contributed by atoms with E-state index in [2.05, 4.69) is 17.1 Å². The zero-order valence-corrected chi connectivity index (χ0v) is 15.6. The number of nitrogens with one attached hydrogen (secondary N) is 1. The Labute approximate surface area is 154 Å². The summed E-state index contributed by atoms with van der Waals surface area (Å²) in [5.74, 6) is 2.07. The fraction of sp³-hybridized carbons (Fsp3) is 0.632. The van der Waals surface area contributed by atoms with Crippen LogP contribution in [0.4, 0.5) is 0 Å². The molecule has 0 unspecified atom stereocenters. The monoisotopic (exact) mass is 366 g/mol. The number of ether oxygens (including phenoxy) is 2. The number of piperidine rings is 1. The first kappa shape index (κ1) is 18.3. The van der Waals surface area contributed by atoms with Crippen LogP contribution in [-0.4, -0.2) is 50.2 Å². The molecule has 0 aromatic heterocycles. The van der Waals surface area contributed by atoms with Gasteiger partial charge in [-0.2, -0.15) is 0 Å². The van der Waals surface area contributed by atoms with E-state index in [1.165, 1.54) is 25.9 Å². The van der Waals surface area contributed by atoms with Crippen LogP contribution in [-0.2, 0) is 11.2 Å². The van der Waals surface area contributed by atoms with Crippen LogP contribution in [0.3, 0.4) is 0 Å². The zero-order chi connectivity index (χ0) is 17.6. The van der Waals surface area contributed by atoms with Crippen molar-refractivity contribution in [2.24, 2.45) is 5.92 Å². The summed E-state index contributed by atoms with van der Waals surface area (Å²) in [5, 5.41) is 3.50. The molecule has 25 heavy (non-hydrogen) atoms. The van der Waals surface area contributed by atoms with Gasteiger partial charge in [-0.3, -0.25) is 4.79 Å². The summed E-state index contributed by atoms with van der Waals surface area (Å²) in [6, 6.07) is 3.62. The molecule has 1 aromatic rings. The summed E-state index contributed by atoms with van der Waals surface area (Å²) in [6.45, 7) is 7.47. The van der Waals surface area contributed by atoms with Gasteiger partial charge in [0, 0.05) is 6.54 Å². The van der Waals surface area contributed by atoms with Gasteiger partial charge in [-0.05, 0) is 62.5 Å². The van der Waals surface area contributed by atoms with Gasteiger partial charge >= 0.3 is 0 Å². The molecule has 0 saturated carbocycles. The standard InChI is InChI=1S/C19H27ClN2O3/c1-14-3-7-22(8-4-14)6-2-5-21-18(23)13-15-11-16(20)19-17(12-15)24-9-10-25-19/h11-12,14H,2-10,13H2,1H3,(H,21,23). The Hall–Kier alpha value is -1.46. The minimum absolute atomic E-state index is 0.0139. The minimum Gasteiger partial charge on any atom is -0.486 e. The summed E-state index contributed by atoms with van der Waals surface area (Å²) >= 11 is 6.21. The molecule has 0 atom stereocenters. The number of carbonyl (C=O) groups excluding carboxylic acids is 1. The van der Waals surface area contributed by atoms with Gasteiger partial charge in [0.2, 0.25) is 5.91 Å². The molecule has 0 radical (unpaired) electrons. The van der Waals surface area contributed by atoms with Crippen LogP contribution in [0.25, 0.3) is 0 Å². The summed E-state index contributed by atoms with van der Waals surface area (Å²) < 4.78 is 11.0. The second-order valence-corrected chi connectivity index (χ2v) is 7.41. The third-order valence-electron chi connectivity index (χ3n) is 4.87. The molecule has 1 N–H and O–H groups in total. The van der Waals surface area contributed by atoms with E-state index in [1.807, 2.05) is 6.07 Å². The second-order valence-electron chi connectivity index (χ2n) is 7.01. The summed E-state index contributed by atoms with van der Waals surface area (Å²) in [7, 11) is 0. The highest BCUT2D eigenvalue weighted by Crippen LogP contribution is 2.38. The van der Waals surface area contributed by atoms with E-state index in [-0.39, 0.29) is 5.91 Å². The van der Waals surface area contributed by atoms with Crippen LogP contribution in [0.2, 0.25) is 5.02 Å². The molecule has 1 aromatic carbocycles. The maximum atomic E-state index is 12.1. The average molecular weight is 367 g/mol. The number of carbonyl (C=O) groups is 1. The van der Waals surface area contributed by atoms with Crippen molar-refractivity contribution in [1.29, 1.82) is 0 Å². The van der Waals surface area contributed by atoms with Gasteiger partial charge in [-0.15, -0.1) is 0 Å². The van der Waals surface area contributed by atoms with E-state index >= 15 is 0 Å². The SMILES string of the molecule is CC1CCN(CCCNC(=O)Cc2cc(Cl)c3c(c2)OCCO3)CC1. The van der Waals surface area contributed by atoms with Crippen LogP contribution in [0.5, 0.6) is 11.5 Å². The first-order valence-electron chi connectivity index (χ1n) is 9.19. The Bertz CT molecular complexity index is 601. The van der Waals surface area contributed by atoms with Crippen molar-refractivity contribution in [1.82, 2.24) is 10.2 Å². The highest BCUT2D eigenvalue weighted by atomic mass is 35.5. The number of rotatable bonds is 6. The van der Waals surface area contributed by atoms with Crippen molar-refractivity contribution in [2.75, 3.05) is 39.4 Å². The number of hydrogen-bond donors (Lipinski definition) is 1. The molecule has 0 bridgehead atoms. The molecule has 0 aliphatic carbocycles. The average Bonchev–Trinajstić information content (AvgIpc) is 2.60. The molecule has 2 aliphatic heterocycles. The van der Waals surface area contributed by atoms with E-state index in [4.69, 9.17) is 21.1 Å². The lowest BCUT2D eigenvalue weighted by Gasteiger charge is -2.30. The number of likely N-dealkylation sites (tertiary alicyclic amines) is 1. The minimum atomic E-state index is 0.0139. The molecular weight excluding hydrogens is 340 g/mol. The number of benzene rings is 1. The predicted molar refractivity (Wildman–Crippen MR) is 98.6 cm³/mol. The summed E-state index contributed by atoms with van der Waals surface area (Å²) in [6.07, 6.45) is 3.87. The topological polar surface area (TPSA) is 50.8 Å². The first-order chi connectivity index (χ1) is 12.1. The third-order valence-corrected chi connectivity index (χ3v) is 5.15. The van der Waals surface area contributed by atoms with Crippen LogP contribution in [0.15, 0.2) is 12.1 Å². The molecule has 0 spiro atoms. The normalized spacial score (nSPS) is 18.2. The van der Waals surface area contributed by atoms with Gasteiger partial charge in [0.25, 0.3) is 0 Å². The van der Waals surface area contributed by atoms with Crippen LogP contribution in [0, 0.1) is 5.92 Å². The van der Waals surface area contributed by atoms with E-state index in [0.717, 1.165) is 24.4 Å². The molecular formula is C19H27ClN2O3. The van der Waals surface area contributed by atoms with Crippen molar-refractivity contribution in [2.45, 2.75) is 32.6 Å². The fourth-order valence-electron chi connectivity index (χ4n) is 3.33. The Kier molecular flexibility index (Phi) is 6.43. The number of hydrogen-bond acceptors (Lipinski definition) is 4.